The van der Waals surface area contributed by atoms with Crippen molar-refractivity contribution in [1.82, 2.24) is 4.72 Å². The van der Waals surface area contributed by atoms with Gasteiger partial charge in [0.25, 0.3) is 0 Å². The van der Waals surface area contributed by atoms with Crippen molar-refractivity contribution in [2.45, 2.75) is 11.3 Å². The van der Waals surface area contributed by atoms with Crippen molar-refractivity contribution in [3.8, 4) is 0 Å². The number of sulfone groups is 1. The minimum absolute atomic E-state index is 0.0144. The molecule has 0 saturated carbocycles. The lowest BCUT2D eigenvalue weighted by Gasteiger charge is -2.09. The summed E-state index contributed by atoms with van der Waals surface area (Å²) in [7, 11) is -6.84. The second-order valence-corrected chi connectivity index (χ2v) is 9.48. The van der Waals surface area contributed by atoms with E-state index in [1.165, 1.54) is 5.38 Å². The van der Waals surface area contributed by atoms with Gasteiger partial charge in [0.15, 0.2) is 9.84 Å². The summed E-state index contributed by atoms with van der Waals surface area (Å²) in [5.74, 6) is -1.34. The summed E-state index contributed by atoms with van der Waals surface area (Å²) in [4.78, 5) is 10.5. The molecule has 1 saturated heterocycles. The van der Waals surface area contributed by atoms with Crippen LogP contribution in [-0.4, -0.2) is 46.0 Å². The van der Waals surface area contributed by atoms with Gasteiger partial charge in [-0.1, -0.05) is 0 Å². The van der Waals surface area contributed by atoms with E-state index in [-0.39, 0.29) is 33.7 Å². The van der Waals surface area contributed by atoms with E-state index in [2.05, 4.69) is 4.72 Å². The molecule has 2 N–H and O–H groups in total. The van der Waals surface area contributed by atoms with Crippen molar-refractivity contribution in [3.05, 3.63) is 16.3 Å². The van der Waals surface area contributed by atoms with Crippen molar-refractivity contribution in [3.63, 3.8) is 0 Å². The van der Waals surface area contributed by atoms with Crippen LogP contribution in [0.25, 0.3) is 0 Å². The number of hydrogen-bond acceptors (Lipinski definition) is 6. The highest BCUT2D eigenvalue weighted by Crippen LogP contribution is 2.21. The normalized spacial score (nSPS) is 21.9. The maximum absolute atomic E-state index is 11.9. The lowest BCUT2D eigenvalue weighted by Crippen LogP contribution is -2.29. The molecular weight excluding hydrogens is 326 g/mol. The van der Waals surface area contributed by atoms with Gasteiger partial charge in [-0.2, -0.15) is 0 Å². The number of thiophene rings is 1. The Morgan fingerprint density at radius 1 is 1.50 bits per heavy atom. The van der Waals surface area contributed by atoms with Crippen molar-refractivity contribution in [1.29, 1.82) is 0 Å². The molecule has 10 heteroatoms. The van der Waals surface area contributed by atoms with Crippen LogP contribution in [0, 0.1) is 5.92 Å². The van der Waals surface area contributed by atoms with Gasteiger partial charge in [0.2, 0.25) is 10.0 Å². The van der Waals surface area contributed by atoms with E-state index >= 15 is 0 Å². The van der Waals surface area contributed by atoms with E-state index < -0.39 is 25.8 Å². The largest absolute Gasteiger partial charge is 0.477 e. The van der Waals surface area contributed by atoms with Gasteiger partial charge in [-0.15, -0.1) is 11.3 Å². The molecule has 1 unspecified atom stereocenters. The van der Waals surface area contributed by atoms with Crippen LogP contribution in [0.3, 0.4) is 0 Å². The molecule has 1 fully saturated rings. The Balaban J connectivity index is 2.02. The number of carboxylic acids is 1. The van der Waals surface area contributed by atoms with Crippen LogP contribution < -0.4 is 4.72 Å². The number of hydrogen-bond donors (Lipinski definition) is 2. The summed E-state index contributed by atoms with van der Waals surface area (Å²) in [6, 6.07) is 1.08. The molecule has 0 aromatic carbocycles. The third-order valence-electron chi connectivity index (χ3n) is 2.99. The molecule has 0 radical (unpaired) electrons. The average molecular weight is 339 g/mol. The number of nitrogens with one attached hydrogen (secondary N) is 1. The van der Waals surface area contributed by atoms with Crippen molar-refractivity contribution in [2.24, 2.45) is 5.92 Å². The maximum Gasteiger partial charge on any atom is 0.345 e. The van der Waals surface area contributed by atoms with Crippen molar-refractivity contribution < 1.29 is 26.7 Å². The van der Waals surface area contributed by atoms with Gasteiger partial charge in [0.05, 0.1) is 16.4 Å². The molecule has 1 aliphatic heterocycles. The van der Waals surface area contributed by atoms with Crippen LogP contribution >= 0.6 is 11.3 Å². The van der Waals surface area contributed by atoms with Crippen molar-refractivity contribution in [2.75, 3.05) is 18.1 Å². The first-order chi connectivity index (χ1) is 9.20. The highest BCUT2D eigenvalue weighted by molar-refractivity contribution is 7.91. The summed E-state index contributed by atoms with van der Waals surface area (Å²) in [5.41, 5.74) is 0. The highest BCUT2D eigenvalue weighted by atomic mass is 32.2. The Bertz CT molecular complexity index is 718. The predicted molar refractivity (Wildman–Crippen MR) is 73.2 cm³/mol. The first-order valence-electron chi connectivity index (χ1n) is 5.71. The fraction of sp³-hybridized carbons (Fsp3) is 0.500. The third kappa shape index (κ3) is 3.57. The van der Waals surface area contributed by atoms with Crippen LogP contribution in [-0.2, 0) is 19.9 Å². The van der Waals surface area contributed by atoms with Gasteiger partial charge in [0, 0.05) is 11.9 Å². The highest BCUT2D eigenvalue weighted by Gasteiger charge is 2.29. The molecule has 0 aliphatic carbocycles. The van der Waals surface area contributed by atoms with Gasteiger partial charge in [-0.25, -0.2) is 26.4 Å². The van der Waals surface area contributed by atoms with Gasteiger partial charge in [0.1, 0.15) is 4.88 Å². The lowest BCUT2D eigenvalue weighted by atomic mass is 10.1. The lowest BCUT2D eigenvalue weighted by molar-refractivity contribution is 0.0702. The summed E-state index contributed by atoms with van der Waals surface area (Å²) in [6.07, 6.45) is 0.439. The Kier molecular flexibility index (Phi) is 4.19. The Morgan fingerprint density at radius 3 is 2.70 bits per heavy atom. The van der Waals surface area contributed by atoms with Gasteiger partial charge >= 0.3 is 5.97 Å². The fourth-order valence-electron chi connectivity index (χ4n) is 1.92. The standard InChI is InChI=1S/C10H13NO6S3/c12-10(13)9-3-8(5-18-9)20(16,17)11-4-7-1-2-19(14,15)6-7/h3,5,7,11H,1-2,4,6H2,(H,12,13). The maximum atomic E-state index is 11.9. The molecule has 1 atom stereocenters. The summed E-state index contributed by atoms with van der Waals surface area (Å²) >= 11 is 0.828. The first-order valence-corrected chi connectivity index (χ1v) is 9.90. The van der Waals surface area contributed by atoms with Crippen LogP contribution in [0.2, 0.25) is 0 Å². The van der Waals surface area contributed by atoms with Gasteiger partial charge < -0.3 is 5.11 Å². The number of sulfonamides is 1. The van der Waals surface area contributed by atoms with Gasteiger partial charge in [-0.05, 0) is 18.4 Å². The topological polar surface area (TPSA) is 118 Å². The predicted octanol–water partition coefficient (Wildman–Crippen LogP) is 0.159. The fourth-order valence-corrected chi connectivity index (χ4v) is 6.01. The zero-order valence-corrected chi connectivity index (χ0v) is 12.7. The van der Waals surface area contributed by atoms with E-state index in [9.17, 15) is 21.6 Å². The number of carboxylic acid groups (broad SMARTS) is 1. The molecule has 2 rings (SSSR count). The van der Waals surface area contributed by atoms with Gasteiger partial charge in [-0.3, -0.25) is 0 Å². The quantitative estimate of drug-likeness (QED) is 0.789. The van der Waals surface area contributed by atoms with Crippen LogP contribution in [0.15, 0.2) is 16.3 Å². The molecule has 112 valence electrons. The van der Waals surface area contributed by atoms with E-state index in [1.54, 1.807) is 0 Å². The second kappa shape index (κ2) is 5.43. The average Bonchev–Trinajstić information content (AvgIpc) is 2.93. The summed E-state index contributed by atoms with van der Waals surface area (Å²) < 4.78 is 48.8. The molecule has 20 heavy (non-hydrogen) atoms. The van der Waals surface area contributed by atoms with Crippen LogP contribution in [0.5, 0.6) is 0 Å². The first kappa shape index (κ1) is 15.4. The molecule has 7 nitrogen and oxygen atoms in total. The van der Waals surface area contributed by atoms with E-state index in [4.69, 9.17) is 5.11 Å². The number of rotatable bonds is 5. The van der Waals surface area contributed by atoms with Crippen molar-refractivity contribution >= 4 is 37.2 Å². The molecule has 1 aromatic rings. The van der Waals surface area contributed by atoms with Crippen LogP contribution in [0.4, 0.5) is 0 Å². The number of carbonyl (C=O) groups is 1. The van der Waals surface area contributed by atoms with Crippen LogP contribution in [0.1, 0.15) is 16.1 Å². The Labute approximate surface area is 120 Å². The van der Waals surface area contributed by atoms with E-state index in [0.29, 0.717) is 6.42 Å². The number of aromatic carboxylic acids is 1. The summed E-state index contributed by atoms with van der Waals surface area (Å²) in [5, 5.41) is 10.00. The zero-order valence-electron chi connectivity index (χ0n) is 10.3. The molecule has 2 heterocycles. The summed E-state index contributed by atoms with van der Waals surface area (Å²) in [6.45, 7) is 0.0415. The minimum Gasteiger partial charge on any atom is -0.477 e. The molecular formula is C10H13NO6S3. The Hall–Kier alpha value is -0.970. The molecule has 0 amide bonds. The monoisotopic (exact) mass is 339 g/mol. The minimum atomic E-state index is -3.80. The smallest absolute Gasteiger partial charge is 0.345 e. The molecule has 0 spiro atoms. The van der Waals surface area contributed by atoms with E-state index in [1.807, 2.05) is 0 Å². The molecule has 0 bridgehead atoms. The SMILES string of the molecule is O=C(O)c1cc(S(=O)(=O)NCC2CCS(=O)(=O)C2)cs1. The van der Waals surface area contributed by atoms with E-state index in [0.717, 1.165) is 17.4 Å². The zero-order chi connectivity index (χ0) is 15.0. The second-order valence-electron chi connectivity index (χ2n) is 4.57. The molecule has 1 aliphatic rings. The Morgan fingerprint density at radius 2 is 2.20 bits per heavy atom. The third-order valence-corrected chi connectivity index (χ3v) is 7.29. The molecule has 1 aromatic heterocycles.